The molecule has 112 valence electrons. The van der Waals surface area contributed by atoms with Crippen LogP contribution in [0.5, 0.6) is 0 Å². The van der Waals surface area contributed by atoms with Crippen LogP contribution in [0.1, 0.15) is 12.5 Å². The van der Waals surface area contributed by atoms with Crippen LogP contribution in [0.15, 0.2) is 18.2 Å². The Bertz CT molecular complexity index is 578. The molecule has 1 aliphatic heterocycles. The Hall–Kier alpha value is -0.790. The second-order valence-corrected chi connectivity index (χ2v) is 8.40. The summed E-state index contributed by atoms with van der Waals surface area (Å²) < 4.78 is 38.1. The van der Waals surface area contributed by atoms with E-state index in [1.165, 1.54) is 6.07 Å². The van der Waals surface area contributed by atoms with Crippen molar-refractivity contribution in [1.29, 1.82) is 0 Å². The third kappa shape index (κ3) is 3.45. The molecule has 1 heterocycles. The molecule has 0 aliphatic carbocycles. The average molecular weight is 318 g/mol. The molecule has 0 saturated carbocycles. The smallest absolute Gasteiger partial charge is 0.166 e. The fourth-order valence-electron chi connectivity index (χ4n) is 2.23. The number of halogens is 1. The lowest BCUT2D eigenvalue weighted by atomic mass is 10.2. The van der Waals surface area contributed by atoms with Crippen LogP contribution in [-0.2, 0) is 16.4 Å². The van der Waals surface area contributed by atoms with E-state index in [-0.39, 0.29) is 11.6 Å². The molecule has 0 amide bonds. The molecule has 1 fully saturated rings. The van der Waals surface area contributed by atoms with Gasteiger partial charge in [0.05, 0.1) is 0 Å². The first-order chi connectivity index (χ1) is 9.44. The van der Waals surface area contributed by atoms with Crippen LogP contribution < -0.4 is 5.73 Å². The normalized spacial score (nSPS) is 21.0. The third-order valence-electron chi connectivity index (χ3n) is 3.46. The van der Waals surface area contributed by atoms with Crippen LogP contribution >= 0.6 is 11.8 Å². The Kier molecular flexibility index (Phi) is 4.93. The van der Waals surface area contributed by atoms with Gasteiger partial charge in [-0.15, -0.1) is 0 Å². The number of rotatable bonds is 4. The molecule has 1 atom stereocenters. The van der Waals surface area contributed by atoms with Crippen molar-refractivity contribution in [1.82, 2.24) is 4.90 Å². The highest BCUT2D eigenvalue weighted by atomic mass is 32.2. The number of thioether (sulfide) groups is 1. The van der Waals surface area contributed by atoms with Crippen LogP contribution in [0.3, 0.4) is 0 Å². The summed E-state index contributed by atoms with van der Waals surface area (Å²) in [6.45, 7) is 2.60. The Morgan fingerprint density at radius 1 is 1.50 bits per heavy atom. The lowest BCUT2D eigenvalue weighted by Gasteiger charge is -2.34. The molecule has 1 aromatic rings. The molecule has 7 heteroatoms. The molecule has 20 heavy (non-hydrogen) atoms. The van der Waals surface area contributed by atoms with Gasteiger partial charge in [-0.25, -0.2) is 12.8 Å². The van der Waals surface area contributed by atoms with Crippen molar-refractivity contribution < 1.29 is 12.8 Å². The molecule has 1 aliphatic rings. The fraction of sp³-hybridized carbons (Fsp3) is 0.538. The number of hydrogen-bond donors (Lipinski definition) is 1. The lowest BCUT2D eigenvalue weighted by molar-refractivity contribution is 0.258. The van der Waals surface area contributed by atoms with Crippen molar-refractivity contribution in [2.24, 2.45) is 0 Å². The van der Waals surface area contributed by atoms with Crippen molar-refractivity contribution in [2.75, 3.05) is 29.5 Å². The number of anilines is 1. The zero-order chi connectivity index (χ0) is 14.8. The van der Waals surface area contributed by atoms with Gasteiger partial charge in [0, 0.05) is 41.6 Å². The van der Waals surface area contributed by atoms with Gasteiger partial charge in [-0.05, 0) is 12.1 Å². The molecule has 1 saturated heterocycles. The first-order valence-corrected chi connectivity index (χ1v) is 9.38. The SMILES string of the molecule is CCS(=O)(=O)C1CSCCN1Cc1ccc(N)cc1F. The van der Waals surface area contributed by atoms with Crippen LogP contribution in [-0.4, -0.2) is 42.5 Å². The molecule has 0 bridgehead atoms. The van der Waals surface area contributed by atoms with E-state index in [1.807, 2.05) is 4.90 Å². The highest BCUT2D eigenvalue weighted by Gasteiger charge is 2.33. The Labute approximate surface area is 123 Å². The number of hydrogen-bond acceptors (Lipinski definition) is 5. The summed E-state index contributed by atoms with van der Waals surface area (Å²) in [4.78, 5) is 1.85. The minimum absolute atomic E-state index is 0.110. The maximum absolute atomic E-state index is 13.8. The molecule has 2 rings (SSSR count). The van der Waals surface area contributed by atoms with Gasteiger partial charge in [0.2, 0.25) is 0 Å². The summed E-state index contributed by atoms with van der Waals surface area (Å²) in [5, 5.41) is -0.525. The Balaban J connectivity index is 2.21. The Morgan fingerprint density at radius 2 is 2.25 bits per heavy atom. The maximum Gasteiger partial charge on any atom is 0.166 e. The van der Waals surface area contributed by atoms with Crippen LogP contribution in [0.25, 0.3) is 0 Å². The highest BCUT2D eigenvalue weighted by Crippen LogP contribution is 2.24. The predicted octanol–water partition coefficient (Wildman–Crippen LogP) is 1.72. The van der Waals surface area contributed by atoms with Gasteiger partial charge in [-0.2, -0.15) is 11.8 Å². The topological polar surface area (TPSA) is 63.4 Å². The summed E-state index contributed by atoms with van der Waals surface area (Å²) in [6, 6.07) is 4.54. The number of nitrogens with zero attached hydrogens (tertiary/aromatic N) is 1. The minimum Gasteiger partial charge on any atom is -0.399 e. The second-order valence-electron chi connectivity index (χ2n) is 4.80. The summed E-state index contributed by atoms with van der Waals surface area (Å²) >= 11 is 1.63. The summed E-state index contributed by atoms with van der Waals surface area (Å²) in [5.41, 5.74) is 6.39. The standard InChI is InChI=1S/C13H19FN2O2S2/c1-2-20(17,18)13-9-19-6-5-16(13)8-10-3-4-11(15)7-12(10)14/h3-4,7,13H,2,5-6,8-9,15H2,1H3. The van der Waals surface area contributed by atoms with E-state index < -0.39 is 15.2 Å². The van der Waals surface area contributed by atoms with E-state index in [9.17, 15) is 12.8 Å². The fourth-order valence-corrected chi connectivity index (χ4v) is 5.31. The van der Waals surface area contributed by atoms with Gasteiger partial charge in [-0.1, -0.05) is 13.0 Å². The van der Waals surface area contributed by atoms with Crippen LogP contribution in [0.4, 0.5) is 10.1 Å². The number of nitrogen functional groups attached to an aromatic ring is 1. The largest absolute Gasteiger partial charge is 0.399 e. The quantitative estimate of drug-likeness (QED) is 0.857. The van der Waals surface area contributed by atoms with Crippen molar-refractivity contribution >= 4 is 27.3 Å². The zero-order valence-electron chi connectivity index (χ0n) is 11.4. The van der Waals surface area contributed by atoms with Gasteiger partial charge >= 0.3 is 0 Å². The average Bonchev–Trinajstić information content (AvgIpc) is 2.42. The molecule has 1 unspecified atom stereocenters. The lowest BCUT2D eigenvalue weighted by Crippen LogP contribution is -2.47. The van der Waals surface area contributed by atoms with Crippen LogP contribution in [0.2, 0.25) is 0 Å². The van der Waals surface area contributed by atoms with Crippen molar-refractivity contribution in [3.63, 3.8) is 0 Å². The van der Waals surface area contributed by atoms with Crippen molar-refractivity contribution in [3.05, 3.63) is 29.6 Å². The molecule has 0 spiro atoms. The monoisotopic (exact) mass is 318 g/mol. The van der Waals surface area contributed by atoms with Gasteiger partial charge in [0.15, 0.2) is 9.84 Å². The first-order valence-electron chi connectivity index (χ1n) is 6.51. The number of sulfone groups is 1. The molecule has 1 aromatic carbocycles. The number of benzene rings is 1. The molecular formula is C13H19FN2O2S2. The van der Waals surface area contributed by atoms with E-state index in [0.717, 1.165) is 5.75 Å². The zero-order valence-corrected chi connectivity index (χ0v) is 13.0. The Morgan fingerprint density at radius 3 is 2.90 bits per heavy atom. The number of nitrogens with two attached hydrogens (primary N) is 1. The molecule has 0 radical (unpaired) electrons. The summed E-state index contributed by atoms with van der Waals surface area (Å²) in [6.07, 6.45) is 0. The van der Waals surface area contributed by atoms with Gasteiger partial charge in [-0.3, -0.25) is 4.90 Å². The summed E-state index contributed by atoms with van der Waals surface area (Å²) in [5.74, 6) is 1.15. The van der Waals surface area contributed by atoms with Crippen molar-refractivity contribution in [2.45, 2.75) is 18.8 Å². The molecule has 0 aromatic heterocycles. The molecular weight excluding hydrogens is 299 g/mol. The second kappa shape index (κ2) is 6.32. The van der Waals surface area contributed by atoms with E-state index >= 15 is 0 Å². The highest BCUT2D eigenvalue weighted by molar-refractivity contribution is 8.01. The maximum atomic E-state index is 13.8. The van der Waals surface area contributed by atoms with Gasteiger partial charge < -0.3 is 5.73 Å². The predicted molar refractivity (Wildman–Crippen MR) is 81.8 cm³/mol. The van der Waals surface area contributed by atoms with Crippen molar-refractivity contribution in [3.8, 4) is 0 Å². The van der Waals surface area contributed by atoms with Gasteiger partial charge in [0.1, 0.15) is 11.2 Å². The van der Waals surface area contributed by atoms with E-state index in [2.05, 4.69) is 0 Å². The first kappa shape index (κ1) is 15.6. The van der Waals surface area contributed by atoms with Gasteiger partial charge in [0.25, 0.3) is 0 Å². The summed E-state index contributed by atoms with van der Waals surface area (Å²) in [7, 11) is -3.15. The van der Waals surface area contributed by atoms with E-state index in [4.69, 9.17) is 5.73 Å². The van der Waals surface area contributed by atoms with E-state index in [1.54, 1.807) is 30.8 Å². The van der Waals surface area contributed by atoms with E-state index in [0.29, 0.717) is 30.1 Å². The van der Waals surface area contributed by atoms with Crippen LogP contribution in [0, 0.1) is 5.82 Å². The molecule has 4 nitrogen and oxygen atoms in total. The minimum atomic E-state index is -3.15. The molecule has 2 N–H and O–H groups in total. The third-order valence-corrected chi connectivity index (χ3v) is 6.79.